The van der Waals surface area contributed by atoms with Crippen molar-refractivity contribution in [1.29, 1.82) is 0 Å². The minimum atomic E-state index is -4.33. The molecule has 0 aromatic heterocycles. The number of alkyl halides is 3. The maximum Gasteiger partial charge on any atom is 0.392 e. The third kappa shape index (κ3) is 5.63. The molecule has 1 aliphatic carbocycles. The molecule has 1 saturated heterocycles. The summed E-state index contributed by atoms with van der Waals surface area (Å²) in [4.78, 5) is 28.4. The first-order chi connectivity index (χ1) is 13.8. The number of nitrogens with zero attached hydrogens (tertiary/aromatic N) is 2. The zero-order valence-corrected chi connectivity index (χ0v) is 16.8. The maximum absolute atomic E-state index is 13.3. The lowest BCUT2D eigenvalue weighted by atomic mass is 9.78. The first-order valence-corrected chi connectivity index (χ1v) is 10.3. The van der Waals surface area contributed by atoms with Gasteiger partial charge in [0, 0.05) is 32.1 Å². The minimum Gasteiger partial charge on any atom is -0.340 e. The number of carbonyl (C=O) groups excluding carboxylic acids is 2. The van der Waals surface area contributed by atoms with Crippen LogP contribution in [0.5, 0.6) is 0 Å². The lowest BCUT2D eigenvalue weighted by molar-refractivity contribution is -0.201. The van der Waals surface area contributed by atoms with Crippen molar-refractivity contribution >= 4 is 29.1 Å². The number of nitrogens with one attached hydrogen (secondary N) is 1. The summed E-state index contributed by atoms with van der Waals surface area (Å²) in [6, 6.07) is 6.92. The third-order valence-corrected chi connectivity index (χ3v) is 6.03. The fourth-order valence-electron chi connectivity index (χ4n) is 4.13. The standard InChI is InChI=1S/C20H25ClF3N3O2/c21-16-7-3-4-8-17(16)25-18(28)13-26-9-11-27(12-10-26)19(29)14-5-1-2-6-15(14)20(22,23)24/h3-4,7-8,14-15H,1-2,5-6,9-13H2,(H,25,28). The second-order valence-electron chi connectivity index (χ2n) is 7.67. The molecule has 0 radical (unpaired) electrons. The number of carbonyl (C=O) groups is 2. The highest BCUT2D eigenvalue weighted by Crippen LogP contribution is 2.42. The zero-order valence-electron chi connectivity index (χ0n) is 16.1. The van der Waals surface area contributed by atoms with Crippen molar-refractivity contribution in [3.8, 4) is 0 Å². The minimum absolute atomic E-state index is 0.0298. The van der Waals surface area contributed by atoms with Gasteiger partial charge < -0.3 is 10.2 Å². The Morgan fingerprint density at radius 2 is 1.72 bits per heavy atom. The highest BCUT2D eigenvalue weighted by molar-refractivity contribution is 6.33. The van der Waals surface area contributed by atoms with E-state index in [1.807, 2.05) is 4.90 Å². The van der Waals surface area contributed by atoms with Gasteiger partial charge in [0.25, 0.3) is 0 Å². The maximum atomic E-state index is 13.3. The number of piperazine rings is 1. The fraction of sp³-hybridized carbons (Fsp3) is 0.600. The van der Waals surface area contributed by atoms with Crippen LogP contribution in [0.3, 0.4) is 0 Å². The lowest BCUT2D eigenvalue weighted by Crippen LogP contribution is -2.53. The molecule has 1 heterocycles. The average Bonchev–Trinajstić information content (AvgIpc) is 2.69. The quantitative estimate of drug-likeness (QED) is 0.789. The summed E-state index contributed by atoms with van der Waals surface area (Å²) in [5.74, 6) is -3.13. The van der Waals surface area contributed by atoms with E-state index < -0.39 is 23.9 Å². The summed E-state index contributed by atoms with van der Waals surface area (Å²) in [5.41, 5.74) is 0.531. The van der Waals surface area contributed by atoms with Gasteiger partial charge in [-0.25, -0.2) is 0 Å². The van der Waals surface area contributed by atoms with Crippen LogP contribution in [-0.2, 0) is 9.59 Å². The largest absolute Gasteiger partial charge is 0.392 e. The highest BCUT2D eigenvalue weighted by atomic mass is 35.5. The van der Waals surface area contributed by atoms with Crippen molar-refractivity contribution in [2.24, 2.45) is 11.8 Å². The Labute approximate surface area is 173 Å². The molecule has 29 heavy (non-hydrogen) atoms. The molecule has 5 nitrogen and oxygen atoms in total. The van der Waals surface area contributed by atoms with Crippen molar-refractivity contribution in [3.63, 3.8) is 0 Å². The van der Waals surface area contributed by atoms with E-state index in [1.54, 1.807) is 24.3 Å². The van der Waals surface area contributed by atoms with E-state index >= 15 is 0 Å². The van der Waals surface area contributed by atoms with E-state index in [2.05, 4.69) is 5.32 Å². The molecule has 0 spiro atoms. The molecule has 1 saturated carbocycles. The van der Waals surface area contributed by atoms with Gasteiger partial charge in [-0.3, -0.25) is 14.5 Å². The summed E-state index contributed by atoms with van der Waals surface area (Å²) in [7, 11) is 0. The SMILES string of the molecule is O=C(CN1CCN(C(=O)C2CCCCC2C(F)(F)F)CC1)Nc1ccccc1Cl. The van der Waals surface area contributed by atoms with Crippen LogP contribution in [0.4, 0.5) is 18.9 Å². The van der Waals surface area contributed by atoms with E-state index in [-0.39, 0.29) is 18.9 Å². The van der Waals surface area contributed by atoms with Crippen LogP contribution in [0.1, 0.15) is 25.7 Å². The van der Waals surface area contributed by atoms with E-state index in [9.17, 15) is 22.8 Å². The molecule has 1 N–H and O–H groups in total. The van der Waals surface area contributed by atoms with Crippen LogP contribution < -0.4 is 5.32 Å². The number of anilines is 1. The molecule has 160 valence electrons. The van der Waals surface area contributed by atoms with Gasteiger partial charge >= 0.3 is 6.18 Å². The molecule has 2 atom stereocenters. The van der Waals surface area contributed by atoms with Crippen LogP contribution >= 0.6 is 11.6 Å². The molecule has 2 fully saturated rings. The normalized spacial score (nSPS) is 23.7. The van der Waals surface area contributed by atoms with E-state index in [0.717, 1.165) is 0 Å². The van der Waals surface area contributed by atoms with Gasteiger partial charge in [-0.05, 0) is 25.0 Å². The van der Waals surface area contributed by atoms with Gasteiger partial charge in [0.05, 0.1) is 23.2 Å². The molecule has 2 unspecified atom stereocenters. The third-order valence-electron chi connectivity index (χ3n) is 5.70. The van der Waals surface area contributed by atoms with Gasteiger partial charge in [0.1, 0.15) is 0 Å². The van der Waals surface area contributed by atoms with E-state index in [4.69, 9.17) is 11.6 Å². The number of rotatable bonds is 4. The Kier molecular flexibility index (Phi) is 7.05. The Morgan fingerprint density at radius 3 is 2.38 bits per heavy atom. The summed E-state index contributed by atoms with van der Waals surface area (Å²) < 4.78 is 39.9. The second kappa shape index (κ2) is 9.34. The molecule has 3 rings (SSSR count). The number of hydrogen-bond donors (Lipinski definition) is 1. The number of amides is 2. The Hall–Kier alpha value is -1.80. The molecule has 2 amide bonds. The van der Waals surface area contributed by atoms with Crippen molar-refractivity contribution in [2.75, 3.05) is 38.0 Å². The fourth-order valence-corrected chi connectivity index (χ4v) is 4.32. The molecular weight excluding hydrogens is 407 g/mol. The zero-order chi connectivity index (χ0) is 21.0. The molecular formula is C20H25ClF3N3O2. The van der Waals surface area contributed by atoms with Crippen molar-refractivity contribution < 1.29 is 22.8 Å². The number of hydrogen-bond acceptors (Lipinski definition) is 3. The summed E-state index contributed by atoms with van der Waals surface area (Å²) >= 11 is 6.03. The van der Waals surface area contributed by atoms with Crippen molar-refractivity contribution in [2.45, 2.75) is 31.9 Å². The average molecular weight is 432 g/mol. The second-order valence-corrected chi connectivity index (χ2v) is 8.08. The molecule has 1 aromatic carbocycles. The van der Waals surface area contributed by atoms with Crippen LogP contribution in [0.15, 0.2) is 24.3 Å². The molecule has 1 aromatic rings. The molecule has 9 heteroatoms. The lowest BCUT2D eigenvalue weighted by Gasteiger charge is -2.39. The van der Waals surface area contributed by atoms with E-state index in [0.29, 0.717) is 56.2 Å². The molecule has 2 aliphatic rings. The Bertz CT molecular complexity index is 736. The van der Waals surface area contributed by atoms with Crippen LogP contribution in [-0.4, -0.2) is 60.5 Å². The number of halogens is 4. The van der Waals surface area contributed by atoms with Crippen LogP contribution in [0.2, 0.25) is 5.02 Å². The van der Waals surface area contributed by atoms with Gasteiger partial charge in [0.2, 0.25) is 11.8 Å². The van der Waals surface area contributed by atoms with Gasteiger partial charge in [-0.1, -0.05) is 36.6 Å². The highest BCUT2D eigenvalue weighted by Gasteiger charge is 2.49. The number of benzene rings is 1. The van der Waals surface area contributed by atoms with Crippen molar-refractivity contribution in [1.82, 2.24) is 9.80 Å². The summed E-state index contributed by atoms with van der Waals surface area (Å²) in [5, 5.41) is 3.19. The topological polar surface area (TPSA) is 52.7 Å². The number of para-hydroxylation sites is 1. The van der Waals surface area contributed by atoms with Crippen molar-refractivity contribution in [3.05, 3.63) is 29.3 Å². The van der Waals surface area contributed by atoms with Crippen LogP contribution in [0.25, 0.3) is 0 Å². The first kappa shape index (κ1) is 21.9. The predicted octanol–water partition coefficient (Wildman–Crippen LogP) is 3.79. The van der Waals surface area contributed by atoms with Gasteiger partial charge in [-0.15, -0.1) is 0 Å². The Morgan fingerprint density at radius 1 is 1.07 bits per heavy atom. The smallest absolute Gasteiger partial charge is 0.340 e. The Balaban J connectivity index is 1.50. The van der Waals surface area contributed by atoms with E-state index in [1.165, 1.54) is 4.90 Å². The molecule has 0 bridgehead atoms. The molecule has 1 aliphatic heterocycles. The summed E-state index contributed by atoms with van der Waals surface area (Å²) in [6.07, 6.45) is -2.83. The van der Waals surface area contributed by atoms with Crippen LogP contribution in [0, 0.1) is 11.8 Å². The summed E-state index contributed by atoms with van der Waals surface area (Å²) in [6.45, 7) is 1.70. The predicted molar refractivity (Wildman–Crippen MR) is 105 cm³/mol. The first-order valence-electron chi connectivity index (χ1n) is 9.88. The van der Waals surface area contributed by atoms with Gasteiger partial charge in [-0.2, -0.15) is 13.2 Å². The monoisotopic (exact) mass is 431 g/mol. The van der Waals surface area contributed by atoms with Gasteiger partial charge in [0.15, 0.2) is 0 Å².